The highest BCUT2D eigenvalue weighted by Crippen LogP contribution is 2.11. The summed E-state index contributed by atoms with van der Waals surface area (Å²) in [5.74, 6) is 0.0400. The molecule has 0 aliphatic carbocycles. The van der Waals surface area contributed by atoms with Gasteiger partial charge in [0.1, 0.15) is 0 Å². The maximum atomic E-state index is 11.6. The lowest BCUT2D eigenvalue weighted by Crippen LogP contribution is -2.44. The van der Waals surface area contributed by atoms with Crippen LogP contribution in [0.15, 0.2) is 0 Å². The van der Waals surface area contributed by atoms with E-state index in [1.165, 1.54) is 0 Å². The first-order chi connectivity index (χ1) is 7.91. The molecule has 0 aromatic rings. The molecule has 0 spiro atoms. The van der Waals surface area contributed by atoms with Crippen LogP contribution in [-0.4, -0.2) is 37.5 Å². The zero-order chi connectivity index (χ0) is 12.9. The first-order valence-electron chi connectivity index (χ1n) is 6.20. The summed E-state index contributed by atoms with van der Waals surface area (Å²) < 4.78 is 0. The van der Waals surface area contributed by atoms with Crippen molar-refractivity contribution in [2.45, 2.75) is 39.7 Å². The summed E-state index contributed by atoms with van der Waals surface area (Å²) in [6.45, 7) is 7.47. The van der Waals surface area contributed by atoms with Crippen LogP contribution in [0.1, 0.15) is 33.6 Å². The molecule has 2 amide bonds. The smallest absolute Gasteiger partial charge is 0.237 e. The zero-order valence-electron chi connectivity index (χ0n) is 10.9. The molecule has 5 nitrogen and oxygen atoms in total. The molecule has 0 aromatic carbocycles. The molecule has 0 saturated carbocycles. The van der Waals surface area contributed by atoms with Gasteiger partial charge in [-0.15, -0.1) is 0 Å². The lowest BCUT2D eigenvalue weighted by molar-refractivity contribution is -0.128. The molecule has 5 heteroatoms. The van der Waals surface area contributed by atoms with Gasteiger partial charge in [0.05, 0.1) is 6.04 Å². The molecule has 98 valence electrons. The van der Waals surface area contributed by atoms with Crippen LogP contribution in [0.5, 0.6) is 0 Å². The van der Waals surface area contributed by atoms with Crippen molar-refractivity contribution in [1.82, 2.24) is 16.0 Å². The Bertz CT molecular complexity index is 278. The van der Waals surface area contributed by atoms with Crippen molar-refractivity contribution in [3.8, 4) is 0 Å². The van der Waals surface area contributed by atoms with E-state index < -0.39 is 0 Å². The van der Waals surface area contributed by atoms with Crippen molar-refractivity contribution in [3.63, 3.8) is 0 Å². The molecular weight excluding hydrogens is 218 g/mol. The third kappa shape index (κ3) is 4.73. The maximum absolute atomic E-state index is 11.6. The van der Waals surface area contributed by atoms with Crippen LogP contribution < -0.4 is 16.0 Å². The highest BCUT2D eigenvalue weighted by molar-refractivity contribution is 5.82. The molecule has 1 unspecified atom stereocenters. The number of carbonyl (C=O) groups is 2. The molecule has 0 bridgehead atoms. The molecule has 1 heterocycles. The minimum Gasteiger partial charge on any atom is -0.354 e. The van der Waals surface area contributed by atoms with Crippen molar-refractivity contribution in [1.29, 1.82) is 0 Å². The highest BCUT2D eigenvalue weighted by Gasteiger charge is 2.22. The van der Waals surface area contributed by atoms with Gasteiger partial charge in [-0.2, -0.15) is 0 Å². The van der Waals surface area contributed by atoms with Gasteiger partial charge in [-0.1, -0.05) is 20.8 Å². The van der Waals surface area contributed by atoms with Crippen molar-refractivity contribution in [2.24, 2.45) is 5.41 Å². The first kappa shape index (κ1) is 14.0. The second kappa shape index (κ2) is 6.00. The van der Waals surface area contributed by atoms with Gasteiger partial charge in [0.2, 0.25) is 11.8 Å². The Morgan fingerprint density at radius 2 is 1.88 bits per heavy atom. The highest BCUT2D eigenvalue weighted by atomic mass is 16.2. The number of rotatable bonds is 4. The maximum Gasteiger partial charge on any atom is 0.237 e. The summed E-state index contributed by atoms with van der Waals surface area (Å²) in [5.41, 5.74) is -0.378. The molecule has 1 aliphatic rings. The molecular formula is C12H23N3O2. The Kier molecular flexibility index (Phi) is 4.93. The third-order valence-corrected chi connectivity index (χ3v) is 2.77. The van der Waals surface area contributed by atoms with Gasteiger partial charge in [-0.05, 0) is 19.4 Å². The van der Waals surface area contributed by atoms with Crippen LogP contribution in [0.4, 0.5) is 0 Å². The molecule has 1 aliphatic heterocycles. The minimum atomic E-state index is -0.378. The molecule has 1 fully saturated rings. The van der Waals surface area contributed by atoms with Crippen molar-refractivity contribution >= 4 is 11.8 Å². The van der Waals surface area contributed by atoms with Crippen LogP contribution in [0.2, 0.25) is 0 Å². The quantitative estimate of drug-likeness (QED) is 0.608. The number of nitrogens with one attached hydrogen (secondary N) is 3. The Hall–Kier alpha value is -1.10. The van der Waals surface area contributed by atoms with Gasteiger partial charge in [-0.3, -0.25) is 9.59 Å². The van der Waals surface area contributed by atoms with Gasteiger partial charge in [0.25, 0.3) is 0 Å². The summed E-state index contributed by atoms with van der Waals surface area (Å²) in [4.78, 5) is 23.1. The molecule has 1 atom stereocenters. The van der Waals surface area contributed by atoms with Crippen LogP contribution >= 0.6 is 0 Å². The predicted octanol–water partition coefficient (Wildman–Crippen LogP) is 0.0169. The zero-order valence-corrected chi connectivity index (χ0v) is 10.9. The lowest BCUT2D eigenvalue weighted by Gasteiger charge is -2.18. The Labute approximate surface area is 103 Å². The van der Waals surface area contributed by atoms with Crippen molar-refractivity contribution in [2.75, 3.05) is 19.6 Å². The summed E-state index contributed by atoms with van der Waals surface area (Å²) in [6, 6.07) is -0.0479. The van der Waals surface area contributed by atoms with Gasteiger partial charge in [0.15, 0.2) is 0 Å². The van der Waals surface area contributed by atoms with Gasteiger partial charge >= 0.3 is 0 Å². The molecule has 0 aromatic heterocycles. The number of amides is 2. The predicted molar refractivity (Wildman–Crippen MR) is 66.5 cm³/mol. The number of carbonyl (C=O) groups excluding carboxylic acids is 2. The Balaban J connectivity index is 2.11. The molecule has 1 saturated heterocycles. The van der Waals surface area contributed by atoms with Gasteiger partial charge in [0, 0.05) is 18.5 Å². The molecule has 0 radical (unpaired) electrons. The fourth-order valence-corrected chi connectivity index (χ4v) is 1.66. The minimum absolute atomic E-state index is 0.00532. The van der Waals surface area contributed by atoms with Crippen LogP contribution in [0.25, 0.3) is 0 Å². The van der Waals surface area contributed by atoms with E-state index >= 15 is 0 Å². The van der Waals surface area contributed by atoms with E-state index in [9.17, 15) is 9.59 Å². The summed E-state index contributed by atoms with van der Waals surface area (Å²) in [6.07, 6.45) is 1.96. The van der Waals surface area contributed by atoms with Crippen LogP contribution in [-0.2, 0) is 9.59 Å². The average Bonchev–Trinajstić information content (AvgIpc) is 2.75. The van der Waals surface area contributed by atoms with E-state index in [4.69, 9.17) is 0 Å². The fourth-order valence-electron chi connectivity index (χ4n) is 1.66. The summed E-state index contributed by atoms with van der Waals surface area (Å²) >= 11 is 0. The third-order valence-electron chi connectivity index (χ3n) is 2.77. The SMILES string of the molecule is CC(C)(C)C(=O)NCCNC(=O)C1CCCN1. The summed E-state index contributed by atoms with van der Waals surface area (Å²) in [7, 11) is 0. The standard InChI is InChI=1S/C12H23N3O2/c1-12(2,3)11(17)15-8-7-14-10(16)9-5-4-6-13-9/h9,13H,4-8H2,1-3H3,(H,14,16)(H,15,17). The van der Waals surface area contributed by atoms with E-state index in [0.717, 1.165) is 19.4 Å². The molecule has 17 heavy (non-hydrogen) atoms. The topological polar surface area (TPSA) is 70.2 Å². The van der Waals surface area contributed by atoms with E-state index in [1.807, 2.05) is 20.8 Å². The Morgan fingerprint density at radius 3 is 2.41 bits per heavy atom. The van der Waals surface area contributed by atoms with Crippen molar-refractivity contribution < 1.29 is 9.59 Å². The largest absolute Gasteiger partial charge is 0.354 e. The van der Waals surface area contributed by atoms with Gasteiger partial charge in [-0.25, -0.2) is 0 Å². The normalized spacial score (nSPS) is 20.1. The van der Waals surface area contributed by atoms with E-state index in [2.05, 4.69) is 16.0 Å². The molecule has 3 N–H and O–H groups in total. The second-order valence-electron chi connectivity index (χ2n) is 5.45. The average molecular weight is 241 g/mol. The van der Waals surface area contributed by atoms with Gasteiger partial charge < -0.3 is 16.0 Å². The molecule has 1 rings (SSSR count). The van der Waals surface area contributed by atoms with E-state index in [0.29, 0.717) is 13.1 Å². The van der Waals surface area contributed by atoms with Crippen LogP contribution in [0, 0.1) is 5.41 Å². The lowest BCUT2D eigenvalue weighted by atomic mass is 9.96. The Morgan fingerprint density at radius 1 is 1.24 bits per heavy atom. The number of hydrogen-bond acceptors (Lipinski definition) is 3. The number of hydrogen-bond donors (Lipinski definition) is 3. The van der Waals surface area contributed by atoms with Crippen LogP contribution in [0.3, 0.4) is 0 Å². The van der Waals surface area contributed by atoms with E-state index in [1.54, 1.807) is 0 Å². The monoisotopic (exact) mass is 241 g/mol. The fraction of sp³-hybridized carbons (Fsp3) is 0.833. The second-order valence-corrected chi connectivity index (χ2v) is 5.45. The first-order valence-corrected chi connectivity index (χ1v) is 6.20. The van der Waals surface area contributed by atoms with E-state index in [-0.39, 0.29) is 23.3 Å². The van der Waals surface area contributed by atoms with Crippen molar-refractivity contribution in [3.05, 3.63) is 0 Å². The summed E-state index contributed by atoms with van der Waals surface area (Å²) in [5, 5.41) is 8.74.